The van der Waals surface area contributed by atoms with Gasteiger partial charge in [-0.2, -0.15) is 0 Å². The highest BCUT2D eigenvalue weighted by atomic mass is 28.4. The van der Waals surface area contributed by atoms with Crippen molar-refractivity contribution >= 4 is 14.1 Å². The van der Waals surface area contributed by atoms with Crippen LogP contribution >= 0.6 is 0 Å². The fraction of sp³-hybridized carbons (Fsp3) is 0.889. The highest BCUT2D eigenvalue weighted by molar-refractivity contribution is 6.71. The Morgan fingerprint density at radius 2 is 1.97 bits per heavy atom. The summed E-state index contributed by atoms with van der Waals surface area (Å²) in [5.74, 6) is 2.62. The maximum Gasteiger partial charge on any atom is 0.187 e. The van der Waals surface area contributed by atoms with E-state index in [9.17, 15) is 9.90 Å². The topological polar surface area (TPSA) is 46.5 Å². The first-order valence-corrected chi connectivity index (χ1v) is 16.0. The third-order valence-electron chi connectivity index (χ3n) is 9.87. The molecule has 0 heterocycles. The molecule has 4 rings (SSSR count). The zero-order chi connectivity index (χ0) is 22.8. The fourth-order valence-electron chi connectivity index (χ4n) is 9.01. The molecule has 0 aromatic rings. The van der Waals surface area contributed by atoms with Crippen LogP contribution in [0.25, 0.3) is 0 Å². The lowest BCUT2D eigenvalue weighted by Gasteiger charge is -2.60. The molecule has 4 aliphatic carbocycles. The first-order chi connectivity index (χ1) is 14.4. The molecule has 4 aliphatic rings. The molecule has 0 aliphatic heterocycles. The third kappa shape index (κ3) is 4.03. The van der Waals surface area contributed by atoms with Gasteiger partial charge in [0.2, 0.25) is 0 Å². The third-order valence-corrected chi connectivity index (χ3v) is 12.6. The summed E-state index contributed by atoms with van der Waals surface area (Å²) in [5.41, 5.74) is 1.64. The maximum absolute atomic E-state index is 12.4. The molecule has 0 aromatic carbocycles. The normalized spacial score (nSPS) is 45.0. The summed E-state index contributed by atoms with van der Waals surface area (Å²) in [6.07, 6.45) is 9.98. The van der Waals surface area contributed by atoms with Crippen molar-refractivity contribution in [1.82, 2.24) is 0 Å². The highest BCUT2D eigenvalue weighted by Gasteiger charge is 2.62. The van der Waals surface area contributed by atoms with Gasteiger partial charge in [-0.25, -0.2) is 0 Å². The van der Waals surface area contributed by atoms with Crippen LogP contribution < -0.4 is 0 Å². The fourth-order valence-corrected chi connectivity index (χ4v) is 12.2. The number of rotatable bonds is 5. The van der Waals surface area contributed by atoms with E-state index in [1.807, 2.05) is 0 Å². The molecule has 0 radical (unpaired) electrons. The van der Waals surface area contributed by atoms with E-state index >= 15 is 0 Å². The molecule has 0 aromatic heterocycles. The summed E-state index contributed by atoms with van der Waals surface area (Å²) in [6, 6.07) is 1.22. The van der Waals surface area contributed by atoms with Gasteiger partial charge >= 0.3 is 0 Å². The molecule has 2 unspecified atom stereocenters. The van der Waals surface area contributed by atoms with E-state index in [1.54, 1.807) is 12.5 Å². The Hall–Kier alpha value is -0.453. The Morgan fingerprint density at radius 1 is 1.26 bits per heavy atom. The maximum atomic E-state index is 12.4. The zero-order valence-electron chi connectivity index (χ0n) is 21.0. The monoisotopic (exact) mass is 446 g/mol. The second-order valence-corrected chi connectivity index (χ2v) is 17.2. The Kier molecular flexibility index (Phi) is 6.19. The molecule has 8 atom stereocenters. The lowest BCUT2D eigenvalue weighted by Crippen LogP contribution is -2.57. The van der Waals surface area contributed by atoms with Crippen molar-refractivity contribution in [2.75, 3.05) is 0 Å². The number of ketones is 1. The van der Waals surface area contributed by atoms with Gasteiger partial charge in [-0.3, -0.25) is 4.79 Å². The van der Waals surface area contributed by atoms with Gasteiger partial charge < -0.3 is 9.53 Å². The van der Waals surface area contributed by atoms with Crippen LogP contribution in [0.5, 0.6) is 0 Å². The van der Waals surface area contributed by atoms with Crippen LogP contribution in [0.1, 0.15) is 79.6 Å². The molecule has 0 saturated heterocycles. The van der Waals surface area contributed by atoms with E-state index in [0.717, 1.165) is 44.9 Å². The lowest BCUT2D eigenvalue weighted by molar-refractivity contribution is -0.140. The van der Waals surface area contributed by atoms with Crippen LogP contribution in [-0.4, -0.2) is 31.4 Å². The lowest BCUT2D eigenvalue weighted by atomic mass is 9.46. The van der Waals surface area contributed by atoms with Gasteiger partial charge in [0.25, 0.3) is 0 Å². The molecule has 3 saturated carbocycles. The van der Waals surface area contributed by atoms with E-state index in [1.165, 1.54) is 6.04 Å². The Labute approximate surface area is 191 Å². The number of Topliss-reactive ketones (excluding diaryl/α,β-unsaturated/α-hetero) is 1. The molecule has 31 heavy (non-hydrogen) atoms. The summed E-state index contributed by atoms with van der Waals surface area (Å²) in [5, 5.41) is 11.5. The van der Waals surface area contributed by atoms with Crippen LogP contribution in [0.3, 0.4) is 0 Å². The SMILES string of the molecule is CC(=O)[C@H]1CC[C@H]2[C@@H]3CC=C4CC(O[Si](C)(C)CC(C)C)CC[C@]4(C)[C@H]3C(O)C[C@]12C. The van der Waals surface area contributed by atoms with Gasteiger partial charge in [0, 0.05) is 12.0 Å². The van der Waals surface area contributed by atoms with Crippen LogP contribution in [0.15, 0.2) is 11.6 Å². The predicted octanol–water partition coefficient (Wildman–Crippen LogP) is 6.37. The minimum atomic E-state index is -1.64. The molecule has 0 bridgehead atoms. The van der Waals surface area contributed by atoms with Gasteiger partial charge in [0.15, 0.2) is 8.32 Å². The average Bonchev–Trinajstić information content (AvgIpc) is 2.97. The molecule has 176 valence electrons. The van der Waals surface area contributed by atoms with Gasteiger partial charge in [-0.1, -0.05) is 39.3 Å². The number of fused-ring (bicyclic) bond motifs is 5. The van der Waals surface area contributed by atoms with Gasteiger partial charge in [-0.15, -0.1) is 0 Å². The second-order valence-electron chi connectivity index (χ2n) is 13.0. The molecular weight excluding hydrogens is 400 g/mol. The number of allylic oxidation sites excluding steroid dienone is 1. The summed E-state index contributed by atoms with van der Waals surface area (Å²) >= 11 is 0. The van der Waals surface area contributed by atoms with E-state index in [0.29, 0.717) is 35.6 Å². The number of carbonyl (C=O) groups excluding carboxylic acids is 1. The minimum absolute atomic E-state index is 0.0130. The number of hydrogen-bond acceptors (Lipinski definition) is 3. The van der Waals surface area contributed by atoms with Crippen molar-refractivity contribution in [3.8, 4) is 0 Å². The summed E-state index contributed by atoms with van der Waals surface area (Å²) in [4.78, 5) is 12.4. The van der Waals surface area contributed by atoms with Crippen molar-refractivity contribution in [3.05, 3.63) is 11.6 Å². The van der Waals surface area contributed by atoms with Crippen LogP contribution in [0.4, 0.5) is 0 Å². The van der Waals surface area contributed by atoms with E-state index in [-0.39, 0.29) is 22.9 Å². The smallest absolute Gasteiger partial charge is 0.187 e. The second kappa shape index (κ2) is 8.09. The molecular formula is C27H46O3Si. The van der Waals surface area contributed by atoms with E-state index in [4.69, 9.17) is 4.43 Å². The number of hydrogen-bond donors (Lipinski definition) is 1. The standard InChI is InChI=1S/C27H46O3Si/c1-17(2)16-31(6,7)30-20-12-13-26(4)19(14-20)8-9-21-23-11-10-22(18(3)28)27(23,5)15-24(29)25(21)26/h8,17,20-25,29H,9-16H2,1-7H3/t20?,21-,22+,23-,24?,25+,26-,27+/m0/s1. The van der Waals surface area contributed by atoms with Crippen LogP contribution in [0, 0.1) is 40.4 Å². The zero-order valence-corrected chi connectivity index (χ0v) is 22.0. The van der Waals surface area contributed by atoms with E-state index in [2.05, 4.69) is 46.9 Å². The molecule has 3 nitrogen and oxygen atoms in total. The predicted molar refractivity (Wildman–Crippen MR) is 129 cm³/mol. The van der Waals surface area contributed by atoms with Crippen LogP contribution in [-0.2, 0) is 9.22 Å². The van der Waals surface area contributed by atoms with Crippen molar-refractivity contribution in [3.63, 3.8) is 0 Å². The summed E-state index contributed by atoms with van der Waals surface area (Å²) in [6.45, 7) is 15.9. The molecule has 3 fully saturated rings. The highest BCUT2D eigenvalue weighted by Crippen LogP contribution is 2.66. The Morgan fingerprint density at radius 3 is 2.61 bits per heavy atom. The Bertz CT molecular complexity index is 743. The first-order valence-electron chi connectivity index (χ1n) is 12.9. The number of carbonyl (C=O) groups is 1. The van der Waals surface area contributed by atoms with Gasteiger partial charge in [-0.05, 0) is 106 Å². The largest absolute Gasteiger partial charge is 0.414 e. The minimum Gasteiger partial charge on any atom is -0.414 e. The number of aliphatic hydroxyl groups is 1. The van der Waals surface area contributed by atoms with Gasteiger partial charge in [0.05, 0.1) is 6.10 Å². The quantitative estimate of drug-likeness (QED) is 0.394. The molecule has 0 spiro atoms. The Balaban J connectivity index is 1.55. The van der Waals surface area contributed by atoms with Crippen molar-refractivity contribution in [2.45, 2.75) is 111 Å². The average molecular weight is 447 g/mol. The summed E-state index contributed by atoms with van der Waals surface area (Å²) in [7, 11) is -1.64. The molecule has 0 amide bonds. The molecule has 1 N–H and O–H groups in total. The number of aliphatic hydroxyl groups excluding tert-OH is 1. The van der Waals surface area contributed by atoms with Crippen molar-refractivity contribution in [2.24, 2.45) is 40.4 Å². The van der Waals surface area contributed by atoms with Gasteiger partial charge in [0.1, 0.15) is 5.78 Å². The molecule has 4 heteroatoms. The van der Waals surface area contributed by atoms with Crippen molar-refractivity contribution < 1.29 is 14.3 Å². The van der Waals surface area contributed by atoms with Crippen LogP contribution in [0.2, 0.25) is 19.1 Å². The summed E-state index contributed by atoms with van der Waals surface area (Å²) < 4.78 is 6.77. The van der Waals surface area contributed by atoms with Crippen molar-refractivity contribution in [1.29, 1.82) is 0 Å². The van der Waals surface area contributed by atoms with E-state index < -0.39 is 8.32 Å². The first kappa shape index (κ1) is 23.7.